The molecule has 0 bridgehead atoms. The van der Waals surface area contributed by atoms with Crippen LogP contribution in [0.2, 0.25) is 0 Å². The topological polar surface area (TPSA) is 105 Å². The van der Waals surface area contributed by atoms with Gasteiger partial charge in [-0.25, -0.2) is 4.79 Å². The van der Waals surface area contributed by atoms with Crippen LogP contribution >= 0.6 is 24.4 Å². The van der Waals surface area contributed by atoms with Gasteiger partial charge in [-0.1, -0.05) is 12.2 Å². The molecule has 6 N–H and O–H groups in total. The lowest BCUT2D eigenvalue weighted by Gasteiger charge is -1.90. The van der Waals surface area contributed by atoms with Gasteiger partial charge in [0, 0.05) is 12.4 Å². The number of thiocarbonyl (C=S) groups is 1. The van der Waals surface area contributed by atoms with E-state index in [4.69, 9.17) is 17.3 Å². The van der Waals surface area contributed by atoms with Crippen LogP contribution in [0.4, 0.5) is 0 Å². The van der Waals surface area contributed by atoms with Crippen molar-refractivity contribution in [1.29, 1.82) is 0 Å². The Balaban J connectivity index is 0.000000364. The van der Waals surface area contributed by atoms with Crippen molar-refractivity contribution in [1.82, 2.24) is 4.98 Å². The second-order valence-electron chi connectivity index (χ2n) is 2.13. The summed E-state index contributed by atoms with van der Waals surface area (Å²) in [6, 6.07) is 1.54. The molecule has 5 nitrogen and oxygen atoms in total. The van der Waals surface area contributed by atoms with Crippen molar-refractivity contribution in [3.05, 3.63) is 28.5 Å². The summed E-state index contributed by atoms with van der Waals surface area (Å²) in [5, 5.41) is 8.48. The molecule has 0 aliphatic carbocycles. The average Bonchev–Trinajstić information content (AvgIpc) is 2.03. The van der Waals surface area contributed by atoms with Gasteiger partial charge in [-0.2, -0.15) is 0 Å². The number of carbonyl (C=O) groups is 1. The Kier molecular flexibility index (Phi) is 5.42. The summed E-state index contributed by atoms with van der Waals surface area (Å²) < 4.78 is 0.353. The maximum atomic E-state index is 10.3. The van der Waals surface area contributed by atoms with Crippen molar-refractivity contribution >= 4 is 35.5 Å². The largest absolute Gasteiger partial charge is 0.478 e. The van der Waals surface area contributed by atoms with Crippen LogP contribution in [-0.2, 0) is 0 Å². The molecule has 0 aromatic carbocycles. The van der Waals surface area contributed by atoms with E-state index in [9.17, 15) is 4.79 Å². The Morgan fingerprint density at radius 3 is 2.29 bits per heavy atom. The molecule has 0 aliphatic rings. The van der Waals surface area contributed by atoms with Crippen LogP contribution in [0, 0.1) is 4.51 Å². The lowest BCUT2D eigenvalue weighted by Crippen LogP contribution is -2.18. The molecule has 0 fully saturated rings. The molecule has 0 spiro atoms. The summed E-state index contributed by atoms with van der Waals surface area (Å²) in [5.41, 5.74) is 9.38. The SMILES string of the molecule is NC(N)=S.O=C(O)c1c[nH]ccc1=S. The van der Waals surface area contributed by atoms with E-state index in [-0.39, 0.29) is 10.7 Å². The number of H-pyrrole nitrogens is 1. The van der Waals surface area contributed by atoms with E-state index < -0.39 is 5.97 Å². The number of hydrogen-bond donors (Lipinski definition) is 4. The predicted molar refractivity (Wildman–Crippen MR) is 59.6 cm³/mol. The lowest BCUT2D eigenvalue weighted by atomic mass is 10.3. The minimum atomic E-state index is -0.998. The number of aromatic carboxylic acids is 1. The number of nitrogens with two attached hydrogens (primary N) is 2. The Bertz CT molecular complexity index is 385. The molecule has 0 amide bonds. The number of aromatic amines is 1. The zero-order chi connectivity index (χ0) is 11.1. The molecule has 76 valence electrons. The van der Waals surface area contributed by atoms with Gasteiger partial charge in [0.25, 0.3) is 0 Å². The van der Waals surface area contributed by atoms with Gasteiger partial charge >= 0.3 is 5.97 Å². The third-order valence-corrected chi connectivity index (χ3v) is 1.41. The van der Waals surface area contributed by atoms with Crippen LogP contribution in [0.5, 0.6) is 0 Å². The van der Waals surface area contributed by atoms with Crippen LogP contribution in [0.25, 0.3) is 0 Å². The summed E-state index contributed by atoms with van der Waals surface area (Å²) in [7, 11) is 0. The fourth-order valence-electron chi connectivity index (χ4n) is 0.583. The summed E-state index contributed by atoms with van der Waals surface area (Å²) in [5.74, 6) is -0.998. The standard InChI is InChI=1S/C6H5NO2S.CH4N2S/c8-6(9)4-3-7-2-1-5(4)10;2-1(3)4/h1-3H,(H,7,10)(H,8,9);(H4,2,3,4). The van der Waals surface area contributed by atoms with E-state index in [0.29, 0.717) is 4.51 Å². The van der Waals surface area contributed by atoms with Crippen LogP contribution in [-0.4, -0.2) is 21.2 Å². The maximum Gasteiger partial charge on any atom is 0.338 e. The highest BCUT2D eigenvalue weighted by Gasteiger charge is 2.01. The fraction of sp³-hybridized carbons (Fsp3) is 0. The number of pyridine rings is 1. The third kappa shape index (κ3) is 5.22. The third-order valence-electron chi connectivity index (χ3n) is 1.05. The molecule has 0 unspecified atom stereocenters. The summed E-state index contributed by atoms with van der Waals surface area (Å²) >= 11 is 8.82. The summed E-state index contributed by atoms with van der Waals surface area (Å²) in [6.45, 7) is 0. The molecule has 1 aromatic rings. The Labute approximate surface area is 90.7 Å². The number of rotatable bonds is 1. The highest BCUT2D eigenvalue weighted by Crippen LogP contribution is 1.98. The molecular weight excluding hydrogens is 222 g/mol. The van der Waals surface area contributed by atoms with Gasteiger partial charge in [0.15, 0.2) is 5.11 Å². The highest BCUT2D eigenvalue weighted by molar-refractivity contribution is 7.80. The molecule has 0 aliphatic heterocycles. The van der Waals surface area contributed by atoms with Crippen LogP contribution in [0.1, 0.15) is 10.4 Å². The Morgan fingerprint density at radius 1 is 1.50 bits per heavy atom. The van der Waals surface area contributed by atoms with Crippen molar-refractivity contribution in [2.24, 2.45) is 11.5 Å². The zero-order valence-corrected chi connectivity index (χ0v) is 8.69. The first-order chi connectivity index (χ1) is 6.45. The first kappa shape index (κ1) is 12.5. The highest BCUT2D eigenvalue weighted by atomic mass is 32.1. The number of carboxylic acid groups (broad SMARTS) is 1. The van der Waals surface area contributed by atoms with Crippen LogP contribution in [0.3, 0.4) is 0 Å². The second kappa shape index (κ2) is 6.06. The minimum absolute atomic E-state index is 0.000000000000000222. The molecular formula is C7H9N3O2S2. The Morgan fingerprint density at radius 2 is 2.00 bits per heavy atom. The maximum absolute atomic E-state index is 10.3. The molecule has 0 radical (unpaired) electrons. The molecule has 7 heteroatoms. The lowest BCUT2D eigenvalue weighted by molar-refractivity contribution is 0.0696. The monoisotopic (exact) mass is 231 g/mol. The van der Waals surface area contributed by atoms with Crippen LogP contribution in [0.15, 0.2) is 18.5 Å². The van der Waals surface area contributed by atoms with Crippen molar-refractivity contribution in [2.45, 2.75) is 0 Å². The fourth-order valence-corrected chi connectivity index (χ4v) is 0.798. The van der Waals surface area contributed by atoms with Crippen LogP contribution < -0.4 is 11.5 Å². The number of aromatic nitrogens is 1. The quantitative estimate of drug-likeness (QED) is 0.528. The predicted octanol–water partition coefficient (Wildman–Crippen LogP) is 0.631. The van der Waals surface area contributed by atoms with Crippen molar-refractivity contribution in [3.63, 3.8) is 0 Å². The smallest absolute Gasteiger partial charge is 0.338 e. The molecule has 0 atom stereocenters. The first-order valence-corrected chi connectivity index (χ1v) is 4.22. The van der Waals surface area contributed by atoms with Gasteiger partial charge in [0.1, 0.15) is 0 Å². The van der Waals surface area contributed by atoms with E-state index in [1.807, 2.05) is 0 Å². The Hall–Kier alpha value is -1.47. The van der Waals surface area contributed by atoms with Crippen molar-refractivity contribution < 1.29 is 9.90 Å². The first-order valence-electron chi connectivity index (χ1n) is 3.40. The zero-order valence-electron chi connectivity index (χ0n) is 7.06. The minimum Gasteiger partial charge on any atom is -0.478 e. The molecule has 14 heavy (non-hydrogen) atoms. The van der Waals surface area contributed by atoms with Gasteiger partial charge in [-0.3, -0.25) is 0 Å². The van der Waals surface area contributed by atoms with Gasteiger partial charge in [0.05, 0.1) is 10.1 Å². The number of carboxylic acids is 1. The van der Waals surface area contributed by atoms with Gasteiger partial charge in [-0.05, 0) is 18.3 Å². The average molecular weight is 231 g/mol. The summed E-state index contributed by atoms with van der Waals surface area (Å²) in [4.78, 5) is 13.0. The van der Waals surface area contributed by atoms with E-state index >= 15 is 0 Å². The summed E-state index contributed by atoms with van der Waals surface area (Å²) in [6.07, 6.45) is 2.96. The van der Waals surface area contributed by atoms with Gasteiger partial charge in [-0.15, -0.1) is 0 Å². The van der Waals surface area contributed by atoms with E-state index in [2.05, 4.69) is 28.7 Å². The molecule has 0 saturated carbocycles. The van der Waals surface area contributed by atoms with E-state index in [1.54, 1.807) is 12.3 Å². The van der Waals surface area contributed by atoms with E-state index in [0.717, 1.165) is 0 Å². The molecule has 1 rings (SSSR count). The molecule has 1 aromatic heterocycles. The van der Waals surface area contributed by atoms with Gasteiger partial charge in [0.2, 0.25) is 0 Å². The van der Waals surface area contributed by atoms with Crippen molar-refractivity contribution in [3.8, 4) is 0 Å². The molecule has 1 heterocycles. The number of hydrogen-bond acceptors (Lipinski definition) is 3. The normalized spacial score (nSPS) is 8.29. The van der Waals surface area contributed by atoms with Gasteiger partial charge < -0.3 is 21.6 Å². The van der Waals surface area contributed by atoms with E-state index in [1.165, 1.54) is 6.20 Å². The second-order valence-corrected chi connectivity index (χ2v) is 3.04. The number of nitrogens with one attached hydrogen (secondary N) is 1. The molecule has 0 saturated heterocycles. The van der Waals surface area contributed by atoms with Crippen molar-refractivity contribution in [2.75, 3.05) is 0 Å².